The molecule has 18 heavy (non-hydrogen) atoms. The van der Waals surface area contributed by atoms with Crippen LogP contribution >= 0.6 is 0 Å². The van der Waals surface area contributed by atoms with Crippen molar-refractivity contribution >= 4 is 5.78 Å². The van der Waals surface area contributed by atoms with Crippen molar-refractivity contribution in [3.63, 3.8) is 0 Å². The number of aryl methyl sites for hydroxylation is 4. The summed E-state index contributed by atoms with van der Waals surface area (Å²) in [5.74, 6) is 1.25. The van der Waals surface area contributed by atoms with E-state index in [1.54, 1.807) is 0 Å². The monoisotopic (exact) mass is 240 g/mol. The number of furan rings is 1. The first kappa shape index (κ1) is 11.3. The van der Waals surface area contributed by atoms with Crippen LogP contribution in [0.5, 0.6) is 0 Å². The maximum Gasteiger partial charge on any atom is 0.228 e. The van der Waals surface area contributed by atoms with Crippen LogP contribution in [0.1, 0.15) is 45.0 Å². The van der Waals surface area contributed by atoms with Gasteiger partial charge in [-0.25, -0.2) is 0 Å². The molecule has 0 N–H and O–H groups in total. The van der Waals surface area contributed by atoms with Crippen molar-refractivity contribution in [2.75, 3.05) is 0 Å². The summed E-state index contributed by atoms with van der Waals surface area (Å²) in [5, 5.41) is 0. The van der Waals surface area contributed by atoms with Gasteiger partial charge in [0.2, 0.25) is 5.78 Å². The Hall–Kier alpha value is -1.83. The van der Waals surface area contributed by atoms with Crippen LogP contribution in [0.3, 0.4) is 0 Å². The van der Waals surface area contributed by atoms with E-state index in [0.717, 1.165) is 29.7 Å². The number of carbonyl (C=O) groups is 1. The molecule has 0 spiro atoms. The largest absolute Gasteiger partial charge is 0.458 e. The summed E-state index contributed by atoms with van der Waals surface area (Å²) in [5.41, 5.74) is 4.48. The lowest BCUT2D eigenvalue weighted by Crippen LogP contribution is -2.00. The van der Waals surface area contributed by atoms with Gasteiger partial charge in [0.15, 0.2) is 5.76 Å². The van der Waals surface area contributed by atoms with Crippen molar-refractivity contribution in [1.29, 1.82) is 0 Å². The zero-order chi connectivity index (χ0) is 12.7. The van der Waals surface area contributed by atoms with E-state index >= 15 is 0 Å². The Morgan fingerprint density at radius 3 is 2.61 bits per heavy atom. The van der Waals surface area contributed by atoms with Crippen molar-refractivity contribution < 1.29 is 9.21 Å². The second-order valence-electron chi connectivity index (χ2n) is 5.02. The molecular formula is C16H16O2. The van der Waals surface area contributed by atoms with Crippen LogP contribution < -0.4 is 0 Å². The summed E-state index contributed by atoms with van der Waals surface area (Å²) in [6.07, 6.45) is 3.43. The molecule has 1 aliphatic carbocycles. The van der Waals surface area contributed by atoms with E-state index in [4.69, 9.17) is 4.42 Å². The molecule has 0 fully saturated rings. The highest BCUT2D eigenvalue weighted by Gasteiger charge is 2.18. The van der Waals surface area contributed by atoms with Crippen LogP contribution in [0.4, 0.5) is 0 Å². The Bertz CT molecular complexity index is 601. The van der Waals surface area contributed by atoms with E-state index in [1.165, 1.54) is 17.5 Å². The molecule has 0 aliphatic heterocycles. The Labute approximate surface area is 107 Å². The molecule has 1 aliphatic rings. The van der Waals surface area contributed by atoms with Gasteiger partial charge in [0.05, 0.1) is 0 Å². The van der Waals surface area contributed by atoms with Crippen LogP contribution in [0, 0.1) is 13.8 Å². The SMILES string of the molecule is Cc1cc(C(=O)c2ccc3c(c2)CCC3)oc1C. The number of fused-ring (bicyclic) bond motifs is 1. The second-order valence-corrected chi connectivity index (χ2v) is 5.02. The molecule has 2 heteroatoms. The van der Waals surface area contributed by atoms with Gasteiger partial charge in [-0.2, -0.15) is 0 Å². The molecule has 2 aromatic rings. The van der Waals surface area contributed by atoms with Crippen molar-refractivity contribution in [3.8, 4) is 0 Å². The lowest BCUT2D eigenvalue weighted by atomic mass is 10.0. The van der Waals surface area contributed by atoms with Gasteiger partial charge in [0, 0.05) is 5.56 Å². The predicted octanol–water partition coefficient (Wildman–Crippen LogP) is 3.62. The van der Waals surface area contributed by atoms with Crippen molar-refractivity contribution in [2.45, 2.75) is 33.1 Å². The van der Waals surface area contributed by atoms with Crippen LogP contribution in [-0.2, 0) is 12.8 Å². The molecule has 0 unspecified atom stereocenters. The maximum atomic E-state index is 12.3. The summed E-state index contributed by atoms with van der Waals surface area (Å²) in [7, 11) is 0. The highest BCUT2D eigenvalue weighted by atomic mass is 16.3. The topological polar surface area (TPSA) is 30.2 Å². The van der Waals surface area contributed by atoms with Crippen LogP contribution in [0.2, 0.25) is 0 Å². The van der Waals surface area contributed by atoms with E-state index in [-0.39, 0.29) is 5.78 Å². The standard InChI is InChI=1S/C16H16O2/c1-10-8-15(18-11(10)2)16(17)14-7-6-12-4-3-5-13(12)9-14/h6-9H,3-5H2,1-2H3. The minimum absolute atomic E-state index is 0.0131. The van der Waals surface area contributed by atoms with Crippen molar-refractivity contribution in [3.05, 3.63) is 58.0 Å². The third kappa shape index (κ3) is 1.78. The van der Waals surface area contributed by atoms with Crippen molar-refractivity contribution in [1.82, 2.24) is 0 Å². The summed E-state index contributed by atoms with van der Waals surface area (Å²) in [6.45, 7) is 3.84. The first-order chi connectivity index (χ1) is 8.65. The molecule has 0 saturated heterocycles. The van der Waals surface area contributed by atoms with E-state index < -0.39 is 0 Å². The number of hydrogen-bond acceptors (Lipinski definition) is 2. The molecule has 1 aromatic carbocycles. The number of hydrogen-bond donors (Lipinski definition) is 0. The van der Waals surface area contributed by atoms with Crippen LogP contribution in [-0.4, -0.2) is 5.78 Å². The minimum atomic E-state index is -0.0131. The lowest BCUT2D eigenvalue weighted by Gasteiger charge is -2.02. The fourth-order valence-corrected chi connectivity index (χ4v) is 2.54. The average Bonchev–Trinajstić information content (AvgIpc) is 2.95. The van der Waals surface area contributed by atoms with Gasteiger partial charge in [-0.05, 0) is 61.9 Å². The van der Waals surface area contributed by atoms with Gasteiger partial charge < -0.3 is 4.42 Å². The third-order valence-electron chi connectivity index (χ3n) is 3.75. The zero-order valence-electron chi connectivity index (χ0n) is 10.7. The van der Waals surface area contributed by atoms with E-state index in [0.29, 0.717) is 5.76 Å². The fraction of sp³-hybridized carbons (Fsp3) is 0.312. The van der Waals surface area contributed by atoms with Gasteiger partial charge in [-0.1, -0.05) is 12.1 Å². The normalized spacial score (nSPS) is 13.7. The molecule has 0 radical (unpaired) electrons. The van der Waals surface area contributed by atoms with E-state index in [9.17, 15) is 4.79 Å². The fourth-order valence-electron chi connectivity index (χ4n) is 2.54. The zero-order valence-corrected chi connectivity index (χ0v) is 10.7. The summed E-state index contributed by atoms with van der Waals surface area (Å²) in [4.78, 5) is 12.3. The van der Waals surface area contributed by atoms with Crippen LogP contribution in [0.15, 0.2) is 28.7 Å². The maximum absolute atomic E-state index is 12.3. The molecular weight excluding hydrogens is 224 g/mol. The molecule has 0 saturated carbocycles. The molecule has 92 valence electrons. The third-order valence-corrected chi connectivity index (χ3v) is 3.75. The highest BCUT2D eigenvalue weighted by Crippen LogP contribution is 2.24. The highest BCUT2D eigenvalue weighted by molar-refractivity contribution is 6.07. The lowest BCUT2D eigenvalue weighted by molar-refractivity contribution is 0.101. The van der Waals surface area contributed by atoms with Crippen molar-refractivity contribution in [2.24, 2.45) is 0 Å². The molecule has 1 aromatic heterocycles. The Morgan fingerprint density at radius 1 is 1.11 bits per heavy atom. The Balaban J connectivity index is 1.97. The Morgan fingerprint density at radius 2 is 1.89 bits per heavy atom. The number of rotatable bonds is 2. The molecule has 0 amide bonds. The number of benzene rings is 1. The molecule has 0 bridgehead atoms. The second kappa shape index (κ2) is 4.13. The predicted molar refractivity (Wildman–Crippen MR) is 70.1 cm³/mol. The minimum Gasteiger partial charge on any atom is -0.458 e. The number of ketones is 1. The van der Waals surface area contributed by atoms with E-state index in [1.807, 2.05) is 32.0 Å². The first-order valence-electron chi connectivity index (χ1n) is 6.38. The average molecular weight is 240 g/mol. The van der Waals surface area contributed by atoms with E-state index in [2.05, 4.69) is 6.07 Å². The Kier molecular flexibility index (Phi) is 2.58. The number of carbonyl (C=O) groups excluding carboxylic acids is 1. The molecule has 1 heterocycles. The van der Waals surface area contributed by atoms with Gasteiger partial charge in [-0.15, -0.1) is 0 Å². The van der Waals surface area contributed by atoms with Gasteiger partial charge in [0.1, 0.15) is 5.76 Å². The summed E-state index contributed by atoms with van der Waals surface area (Å²) < 4.78 is 5.50. The quantitative estimate of drug-likeness (QED) is 0.750. The van der Waals surface area contributed by atoms with Gasteiger partial charge in [0.25, 0.3) is 0 Å². The first-order valence-corrected chi connectivity index (χ1v) is 6.38. The summed E-state index contributed by atoms with van der Waals surface area (Å²) >= 11 is 0. The molecule has 3 rings (SSSR count). The van der Waals surface area contributed by atoms with Crippen LogP contribution in [0.25, 0.3) is 0 Å². The van der Waals surface area contributed by atoms with Gasteiger partial charge >= 0.3 is 0 Å². The molecule has 2 nitrogen and oxygen atoms in total. The smallest absolute Gasteiger partial charge is 0.228 e. The van der Waals surface area contributed by atoms with Gasteiger partial charge in [-0.3, -0.25) is 4.79 Å². The summed E-state index contributed by atoms with van der Waals surface area (Å²) in [6, 6.07) is 7.85. The molecule has 0 atom stereocenters.